The Morgan fingerprint density at radius 3 is 1.44 bits per heavy atom. The molecule has 0 saturated carbocycles. The molecule has 0 bridgehead atoms. The van der Waals surface area contributed by atoms with Crippen molar-refractivity contribution >= 4 is 65.5 Å². The maximum atomic E-state index is 6.76. The third-order valence-electron chi connectivity index (χ3n) is 12.2. The number of rotatable bonds is 6. The van der Waals surface area contributed by atoms with E-state index in [0.717, 1.165) is 98.9 Å². The Kier molecular flexibility index (Phi) is 7.77. The molecule has 0 aliphatic rings. The number of benzene rings is 9. The van der Waals surface area contributed by atoms with Gasteiger partial charge < -0.3 is 4.42 Å². The minimum absolute atomic E-state index is 0.490. The number of hydrogen-bond acceptors (Lipinski definition) is 5. The van der Waals surface area contributed by atoms with Gasteiger partial charge in [0, 0.05) is 38.1 Å². The molecule has 0 amide bonds. The van der Waals surface area contributed by atoms with Crippen molar-refractivity contribution in [1.82, 2.24) is 29.1 Å². The van der Waals surface area contributed by atoms with Crippen LogP contribution in [0.15, 0.2) is 211 Å². The fourth-order valence-electron chi connectivity index (χ4n) is 9.31. The van der Waals surface area contributed by atoms with Gasteiger partial charge in [0.15, 0.2) is 17.2 Å². The molecule has 4 heterocycles. The first-order chi connectivity index (χ1) is 31.2. The Morgan fingerprint density at radius 2 is 0.825 bits per heavy atom. The minimum Gasteiger partial charge on any atom is -0.423 e. The first-order valence-electron chi connectivity index (χ1n) is 21.1. The zero-order valence-electron chi connectivity index (χ0n) is 33.7. The number of nitrogens with zero attached hydrogens (tertiary/aromatic N) is 6. The summed E-state index contributed by atoms with van der Waals surface area (Å²) in [5, 5.41) is 6.45. The van der Waals surface area contributed by atoms with Gasteiger partial charge in [-0.3, -0.25) is 9.13 Å². The maximum absolute atomic E-state index is 6.76. The molecule has 0 saturated heterocycles. The van der Waals surface area contributed by atoms with Gasteiger partial charge in [0.2, 0.25) is 5.95 Å². The Hall–Kier alpha value is -8.68. The van der Waals surface area contributed by atoms with E-state index in [1.54, 1.807) is 0 Å². The van der Waals surface area contributed by atoms with Gasteiger partial charge in [-0.15, -0.1) is 0 Å². The predicted molar refractivity (Wildman–Crippen MR) is 255 cm³/mol. The summed E-state index contributed by atoms with van der Waals surface area (Å²) < 4.78 is 11.1. The second-order valence-electron chi connectivity index (χ2n) is 15.9. The molecule has 13 rings (SSSR count). The molecule has 0 aliphatic carbocycles. The van der Waals surface area contributed by atoms with E-state index in [0.29, 0.717) is 23.6 Å². The van der Waals surface area contributed by atoms with E-state index in [9.17, 15) is 0 Å². The lowest BCUT2D eigenvalue weighted by atomic mass is 10.0. The number of aromatic nitrogens is 6. The van der Waals surface area contributed by atoms with E-state index in [-0.39, 0.29) is 0 Å². The number of para-hydroxylation sites is 2. The third kappa shape index (κ3) is 5.60. The highest BCUT2D eigenvalue weighted by molar-refractivity contribution is 6.23. The molecule has 0 atom stereocenters. The standard InChI is InChI=1S/C56H34N6O/c1-3-15-35(16-4-1)38-20-13-22-40(33-38)53-58-54(41-23-14-21-39(34-41)36-17-5-2-6-18-36)60-55(59-53)61-47-27-11-9-25-43(47)45-30-31-46-44-26-10-12-28-48(44)62(52(46)51(45)61)56-57-50-42-24-8-7-19-37(42)29-32-49(50)63-56/h1-34H. The van der Waals surface area contributed by atoms with E-state index in [2.05, 4.69) is 191 Å². The van der Waals surface area contributed by atoms with E-state index in [1.807, 2.05) is 24.3 Å². The monoisotopic (exact) mass is 806 g/mol. The van der Waals surface area contributed by atoms with Gasteiger partial charge in [-0.05, 0) is 58.0 Å². The first-order valence-corrected chi connectivity index (χ1v) is 21.1. The largest absolute Gasteiger partial charge is 0.423 e. The van der Waals surface area contributed by atoms with Gasteiger partial charge in [-0.2, -0.15) is 15.0 Å². The lowest BCUT2D eigenvalue weighted by Crippen LogP contribution is -2.07. The topological polar surface area (TPSA) is 74.6 Å². The Balaban J connectivity index is 1.13. The number of hydrogen-bond donors (Lipinski definition) is 0. The van der Waals surface area contributed by atoms with Crippen LogP contribution >= 0.6 is 0 Å². The molecule has 13 aromatic rings. The average Bonchev–Trinajstić information content (AvgIpc) is 4.05. The van der Waals surface area contributed by atoms with Crippen molar-refractivity contribution in [2.45, 2.75) is 0 Å². The average molecular weight is 807 g/mol. The molecular formula is C56H34N6O. The molecule has 7 heteroatoms. The smallest absolute Gasteiger partial charge is 0.307 e. The summed E-state index contributed by atoms with van der Waals surface area (Å²) in [5.41, 5.74) is 11.6. The summed E-state index contributed by atoms with van der Waals surface area (Å²) in [7, 11) is 0. The van der Waals surface area contributed by atoms with E-state index >= 15 is 0 Å². The van der Waals surface area contributed by atoms with Gasteiger partial charge in [-0.25, -0.2) is 4.98 Å². The normalized spacial score (nSPS) is 11.8. The summed E-state index contributed by atoms with van der Waals surface area (Å²) in [6.45, 7) is 0. The van der Waals surface area contributed by atoms with Gasteiger partial charge in [-0.1, -0.05) is 176 Å². The van der Waals surface area contributed by atoms with Gasteiger partial charge in [0.1, 0.15) is 5.52 Å². The quantitative estimate of drug-likeness (QED) is 0.167. The molecular weight excluding hydrogens is 773 g/mol. The van der Waals surface area contributed by atoms with Crippen LogP contribution in [0.25, 0.3) is 122 Å². The van der Waals surface area contributed by atoms with Crippen LogP contribution in [0.3, 0.4) is 0 Å². The molecule has 63 heavy (non-hydrogen) atoms. The first kappa shape index (κ1) is 35.1. The van der Waals surface area contributed by atoms with Crippen molar-refractivity contribution in [2.75, 3.05) is 0 Å². The van der Waals surface area contributed by atoms with Crippen LogP contribution in [0, 0.1) is 0 Å². The zero-order valence-corrected chi connectivity index (χ0v) is 33.7. The maximum Gasteiger partial charge on any atom is 0.307 e. The van der Waals surface area contributed by atoms with Crippen LogP contribution in [0.4, 0.5) is 0 Å². The summed E-state index contributed by atoms with van der Waals surface area (Å²) in [6, 6.07) is 72.0. The molecule has 294 valence electrons. The number of fused-ring (bicyclic) bond motifs is 10. The van der Waals surface area contributed by atoms with Crippen molar-refractivity contribution in [2.24, 2.45) is 0 Å². The van der Waals surface area contributed by atoms with Crippen molar-refractivity contribution in [3.63, 3.8) is 0 Å². The summed E-state index contributed by atoms with van der Waals surface area (Å²) in [4.78, 5) is 21.3. The Morgan fingerprint density at radius 1 is 0.333 bits per heavy atom. The van der Waals surface area contributed by atoms with Gasteiger partial charge >= 0.3 is 6.01 Å². The molecule has 0 spiro atoms. The highest BCUT2D eigenvalue weighted by Gasteiger charge is 2.25. The second kappa shape index (κ2) is 13.9. The lowest BCUT2D eigenvalue weighted by Gasteiger charge is -2.13. The molecule has 0 N–H and O–H groups in total. The number of oxazole rings is 1. The van der Waals surface area contributed by atoms with E-state index < -0.39 is 0 Å². The van der Waals surface area contributed by atoms with E-state index in [4.69, 9.17) is 24.4 Å². The Labute approximate surface area is 360 Å². The van der Waals surface area contributed by atoms with Gasteiger partial charge in [0.25, 0.3) is 0 Å². The van der Waals surface area contributed by atoms with Crippen molar-refractivity contribution in [1.29, 1.82) is 0 Å². The lowest BCUT2D eigenvalue weighted by molar-refractivity contribution is 0.574. The summed E-state index contributed by atoms with van der Waals surface area (Å²) in [6.07, 6.45) is 0. The fourth-order valence-corrected chi connectivity index (χ4v) is 9.31. The van der Waals surface area contributed by atoms with Crippen molar-refractivity contribution in [3.05, 3.63) is 206 Å². The fraction of sp³-hybridized carbons (Fsp3) is 0. The van der Waals surface area contributed by atoms with Crippen LogP contribution in [-0.4, -0.2) is 29.1 Å². The summed E-state index contributed by atoms with van der Waals surface area (Å²) >= 11 is 0. The SMILES string of the molecule is c1ccc(-c2cccc(-c3nc(-c4cccc(-c5ccccc5)c4)nc(-n4c5ccccc5c5ccc6c7ccccc7n(-c7nc8c(ccc9ccccc98)o7)c6c54)n3)c2)cc1. The third-order valence-corrected chi connectivity index (χ3v) is 12.2. The summed E-state index contributed by atoms with van der Waals surface area (Å²) in [5.74, 6) is 1.65. The van der Waals surface area contributed by atoms with Crippen molar-refractivity contribution < 1.29 is 4.42 Å². The molecule has 0 radical (unpaired) electrons. The molecule has 7 nitrogen and oxygen atoms in total. The van der Waals surface area contributed by atoms with Crippen LogP contribution in [0.5, 0.6) is 0 Å². The zero-order chi connectivity index (χ0) is 41.4. The second-order valence-corrected chi connectivity index (χ2v) is 15.9. The molecule has 0 fully saturated rings. The van der Waals surface area contributed by atoms with Crippen LogP contribution in [0.1, 0.15) is 0 Å². The highest BCUT2D eigenvalue weighted by Crippen LogP contribution is 2.42. The highest BCUT2D eigenvalue weighted by atomic mass is 16.4. The molecule has 0 unspecified atom stereocenters. The van der Waals surface area contributed by atoms with Crippen molar-refractivity contribution in [3.8, 4) is 57.0 Å². The van der Waals surface area contributed by atoms with Crippen LogP contribution in [0.2, 0.25) is 0 Å². The molecule has 9 aromatic carbocycles. The van der Waals surface area contributed by atoms with E-state index in [1.165, 1.54) is 0 Å². The minimum atomic E-state index is 0.490. The van der Waals surface area contributed by atoms with Gasteiger partial charge in [0.05, 0.1) is 22.1 Å². The molecule has 0 aliphatic heterocycles. The Bertz CT molecular complexity index is 3820. The molecule has 4 aromatic heterocycles. The predicted octanol–water partition coefficient (Wildman–Crippen LogP) is 14.0. The van der Waals surface area contributed by atoms with Crippen LogP contribution < -0.4 is 0 Å². The van der Waals surface area contributed by atoms with Crippen LogP contribution in [-0.2, 0) is 0 Å².